The van der Waals surface area contributed by atoms with E-state index in [9.17, 15) is 10.2 Å². The molecule has 0 aromatic heterocycles. The van der Waals surface area contributed by atoms with Gasteiger partial charge in [0.25, 0.3) is 0 Å². The first-order chi connectivity index (χ1) is 41.3. The first kappa shape index (κ1) is 64.4. The number of phenols is 2. The second kappa shape index (κ2) is 26.8. The van der Waals surface area contributed by atoms with Crippen LogP contribution in [0.3, 0.4) is 0 Å². The smallest absolute Gasteiger partial charge is 0.131 e. The van der Waals surface area contributed by atoms with Crippen LogP contribution in [-0.2, 0) is 10.8 Å². The third-order valence-electron chi connectivity index (χ3n) is 20.4. The van der Waals surface area contributed by atoms with Crippen molar-refractivity contribution >= 4 is 0 Å². The fourth-order valence-electron chi connectivity index (χ4n) is 16.7. The highest BCUT2D eigenvalue weighted by Crippen LogP contribution is 2.52. The van der Waals surface area contributed by atoms with Gasteiger partial charge in [0.1, 0.15) is 34.6 Å². The number of benzene rings is 6. The lowest BCUT2D eigenvalue weighted by Crippen LogP contribution is -2.25. The summed E-state index contributed by atoms with van der Waals surface area (Å²) in [4.78, 5) is 0. The number of hydrogen-bond donors (Lipinski definition) is 2. The van der Waals surface area contributed by atoms with Crippen molar-refractivity contribution in [2.45, 2.75) is 277 Å². The molecule has 0 heterocycles. The third kappa shape index (κ3) is 15.9. The van der Waals surface area contributed by atoms with E-state index in [2.05, 4.69) is 130 Å². The molecule has 0 unspecified atom stereocenters. The quantitative estimate of drug-likeness (QED) is 0.0900. The summed E-state index contributed by atoms with van der Waals surface area (Å²) < 4.78 is 45.8. The summed E-state index contributed by atoms with van der Waals surface area (Å²) in [6, 6.07) is 32.3. The van der Waals surface area contributed by atoms with Crippen molar-refractivity contribution in [1.29, 1.82) is 0 Å². The molecule has 2 N–H and O–H groups in total. The van der Waals surface area contributed by atoms with E-state index in [4.69, 9.17) is 9.47 Å². The van der Waals surface area contributed by atoms with Crippen LogP contribution >= 0.6 is 0 Å². The summed E-state index contributed by atoms with van der Waals surface area (Å²) in [5.74, 6) is 2.34. The van der Waals surface area contributed by atoms with Gasteiger partial charge in [-0.05, 0) is 229 Å². The zero-order valence-corrected chi connectivity index (χ0v) is 55.4. The SMILES string of the molecule is C[C@H](C[C@H](C)Oc1ccc(F)cc1-c1cc(C(C)(C)CC(C)(C)C)cc(-c2cc(C3CCCCC3)cc(C3CCCCC3)c2)c1O)Oc1ccc(F)cc1-c1cc(C(C)(C)CC(C)(C)C)cc(-c2cc(C3CCCCC3)cc(C3CCCCC3)c2)c1O. The number of halogens is 2. The average molecular weight is 1180 g/mol. The van der Waals surface area contributed by atoms with Crippen molar-refractivity contribution in [1.82, 2.24) is 0 Å². The molecule has 6 aromatic rings. The Kier molecular flexibility index (Phi) is 19.9. The average Bonchev–Trinajstić information content (AvgIpc) is 0.900. The second-order valence-electron chi connectivity index (χ2n) is 31.6. The van der Waals surface area contributed by atoms with Crippen molar-refractivity contribution in [3.05, 3.63) is 142 Å². The molecule has 6 heteroatoms. The first-order valence-electron chi connectivity index (χ1n) is 34.3. The van der Waals surface area contributed by atoms with Crippen LogP contribution in [0.5, 0.6) is 23.0 Å². The van der Waals surface area contributed by atoms with Gasteiger partial charge in [-0.2, -0.15) is 0 Å². The van der Waals surface area contributed by atoms with Crippen LogP contribution in [-0.4, -0.2) is 22.4 Å². The number of phenolic OH excluding ortho intramolecular Hbond substituents is 2. The van der Waals surface area contributed by atoms with Crippen molar-refractivity contribution in [2.75, 3.05) is 0 Å². The number of aromatic hydroxyl groups is 2. The van der Waals surface area contributed by atoms with Gasteiger partial charge in [0.05, 0.1) is 12.2 Å². The minimum absolute atomic E-state index is 0.0159. The maximum Gasteiger partial charge on any atom is 0.131 e. The maximum atomic E-state index is 16.0. The van der Waals surface area contributed by atoms with Crippen LogP contribution in [0.2, 0.25) is 0 Å². The minimum Gasteiger partial charge on any atom is -0.507 e. The fourth-order valence-corrected chi connectivity index (χ4v) is 16.7. The lowest BCUT2D eigenvalue weighted by molar-refractivity contribution is 0.131. The molecule has 0 saturated heterocycles. The maximum absolute atomic E-state index is 16.0. The Labute approximate surface area is 523 Å². The molecule has 4 aliphatic carbocycles. The highest BCUT2D eigenvalue weighted by Gasteiger charge is 2.34. The topological polar surface area (TPSA) is 58.9 Å². The largest absolute Gasteiger partial charge is 0.507 e. The summed E-state index contributed by atoms with van der Waals surface area (Å²) >= 11 is 0. The Bertz CT molecular complexity index is 3030. The van der Waals surface area contributed by atoms with E-state index in [1.54, 1.807) is 12.1 Å². The monoisotopic (exact) mass is 1180 g/mol. The number of ether oxygens (including phenoxy) is 2. The van der Waals surface area contributed by atoms with Crippen molar-refractivity contribution in [3.63, 3.8) is 0 Å². The van der Waals surface area contributed by atoms with Crippen LogP contribution < -0.4 is 9.47 Å². The molecular formula is C81H106F2O4. The predicted octanol–water partition coefficient (Wildman–Crippen LogP) is 24.3. The van der Waals surface area contributed by atoms with Crippen LogP contribution in [0.4, 0.5) is 8.78 Å². The lowest BCUT2D eigenvalue weighted by Gasteiger charge is -2.34. The van der Waals surface area contributed by atoms with Gasteiger partial charge in [0.15, 0.2) is 0 Å². The zero-order valence-electron chi connectivity index (χ0n) is 55.4. The van der Waals surface area contributed by atoms with E-state index in [1.165, 1.54) is 175 Å². The highest BCUT2D eigenvalue weighted by atomic mass is 19.1. The Balaban J connectivity index is 0.999. The molecule has 0 radical (unpaired) electrons. The van der Waals surface area contributed by atoms with Gasteiger partial charge < -0.3 is 19.7 Å². The molecule has 4 aliphatic rings. The van der Waals surface area contributed by atoms with Gasteiger partial charge in [-0.3, -0.25) is 0 Å². The van der Waals surface area contributed by atoms with Gasteiger partial charge in [-0.1, -0.05) is 183 Å². The summed E-state index contributed by atoms with van der Waals surface area (Å²) in [5, 5.41) is 25.8. The Morgan fingerprint density at radius 1 is 0.379 bits per heavy atom. The second-order valence-corrected chi connectivity index (χ2v) is 31.6. The summed E-state index contributed by atoms with van der Waals surface area (Å²) in [6.07, 6.45) is 25.9. The van der Waals surface area contributed by atoms with E-state index in [0.29, 0.717) is 63.8 Å². The normalized spacial score (nSPS) is 18.2. The number of hydrogen-bond acceptors (Lipinski definition) is 4. The Morgan fingerprint density at radius 2 is 0.667 bits per heavy atom. The van der Waals surface area contributed by atoms with Gasteiger partial charge >= 0.3 is 0 Å². The first-order valence-corrected chi connectivity index (χ1v) is 34.3. The molecule has 468 valence electrons. The molecule has 0 aliphatic heterocycles. The predicted molar refractivity (Wildman–Crippen MR) is 360 cm³/mol. The lowest BCUT2D eigenvalue weighted by atomic mass is 9.71. The van der Waals surface area contributed by atoms with Gasteiger partial charge in [0, 0.05) is 39.8 Å². The molecule has 2 atom stereocenters. The molecule has 6 aromatic carbocycles. The molecular weight excluding hydrogens is 1070 g/mol. The zero-order chi connectivity index (χ0) is 62.0. The van der Waals surface area contributed by atoms with E-state index in [-0.39, 0.29) is 33.2 Å². The van der Waals surface area contributed by atoms with Crippen LogP contribution in [0.1, 0.15) is 288 Å². The molecule has 4 saturated carbocycles. The molecule has 0 bridgehead atoms. The molecule has 0 amide bonds. The third-order valence-corrected chi connectivity index (χ3v) is 20.4. The molecule has 4 fully saturated rings. The summed E-state index contributed by atoms with van der Waals surface area (Å²) in [6.45, 7) is 26.8. The Morgan fingerprint density at radius 3 is 0.954 bits per heavy atom. The van der Waals surface area contributed by atoms with E-state index >= 15 is 8.78 Å². The summed E-state index contributed by atoms with van der Waals surface area (Å²) in [7, 11) is 0. The van der Waals surface area contributed by atoms with Gasteiger partial charge in [-0.25, -0.2) is 8.78 Å². The fraction of sp³-hybridized carbons (Fsp3) is 0.556. The molecule has 0 spiro atoms. The van der Waals surface area contributed by atoms with E-state index in [1.807, 2.05) is 13.8 Å². The Hall–Kier alpha value is -5.62. The van der Waals surface area contributed by atoms with E-state index < -0.39 is 23.8 Å². The highest BCUT2D eigenvalue weighted by molar-refractivity contribution is 5.87. The van der Waals surface area contributed by atoms with Crippen LogP contribution in [0.15, 0.2) is 97.1 Å². The van der Waals surface area contributed by atoms with Crippen molar-refractivity contribution in [3.8, 4) is 67.5 Å². The molecule has 87 heavy (non-hydrogen) atoms. The van der Waals surface area contributed by atoms with Crippen molar-refractivity contribution < 1.29 is 28.5 Å². The standard InChI is InChI=1S/C81H106F2O4/c1-52(86-74-35-33-66(82)48-70(74)72-46-64(80(9,10)50-78(3,4)5)44-68(76(72)84)62-40-58(54-25-17-13-18-26-54)38-59(41-62)55-27-19-14-20-28-55)37-53(2)87-75-36-34-67(83)49-71(75)73-47-65(81(11,12)51-79(6,7)8)45-69(77(73)85)63-42-60(56-29-21-15-22-30-56)39-61(43-63)57-31-23-16-24-32-57/h33-36,38-49,52-57,84-85H,13-32,37,50-51H2,1-12H3/t52-,53+. The van der Waals surface area contributed by atoms with Crippen LogP contribution in [0, 0.1) is 22.5 Å². The summed E-state index contributed by atoms with van der Waals surface area (Å²) in [5.41, 5.74) is 12.8. The molecule has 10 rings (SSSR count). The van der Waals surface area contributed by atoms with Crippen LogP contribution in [0.25, 0.3) is 44.5 Å². The van der Waals surface area contributed by atoms with Gasteiger partial charge in [0.2, 0.25) is 0 Å². The van der Waals surface area contributed by atoms with E-state index in [0.717, 1.165) is 46.2 Å². The minimum atomic E-state index is -0.434. The van der Waals surface area contributed by atoms with Crippen molar-refractivity contribution in [2.24, 2.45) is 10.8 Å². The molecule has 4 nitrogen and oxygen atoms in total. The van der Waals surface area contributed by atoms with Gasteiger partial charge in [-0.15, -0.1) is 0 Å². The number of rotatable bonds is 18.